The van der Waals surface area contributed by atoms with Crippen molar-refractivity contribution in [3.63, 3.8) is 0 Å². The molecule has 0 aliphatic heterocycles. The van der Waals surface area contributed by atoms with Gasteiger partial charge in [0, 0.05) is 18.8 Å². The number of benzene rings is 1. The molecule has 0 bridgehead atoms. The maximum atomic E-state index is 13.6. The van der Waals surface area contributed by atoms with Gasteiger partial charge in [0.05, 0.1) is 18.8 Å². The lowest BCUT2D eigenvalue weighted by atomic mass is 10.2. The van der Waals surface area contributed by atoms with E-state index in [-0.39, 0.29) is 12.3 Å². The standard InChI is InChI=1S/C22H33N4O9P/c1-14(2)33-21(29)15(3)25-36(31,35-17-8-6-5-7-9-17)32-13-18(16(4)27)34-20(12-23)26-11-10-19(28)24-22(26)30/h5-11,14-16,18,20,27H,12-13,23H2,1-4H3,(H,25,31)(H,24,28,30)/t15-,16+,18-,20-,36?/m1/s1. The van der Waals surface area contributed by atoms with Gasteiger partial charge in [-0.15, -0.1) is 0 Å². The fourth-order valence-electron chi connectivity index (χ4n) is 2.89. The maximum absolute atomic E-state index is 13.6. The van der Waals surface area contributed by atoms with E-state index in [0.29, 0.717) is 0 Å². The zero-order valence-electron chi connectivity index (χ0n) is 20.5. The normalized spacial score (nSPS) is 16.5. The van der Waals surface area contributed by atoms with Crippen LogP contribution in [0.2, 0.25) is 0 Å². The number of H-pyrrole nitrogens is 1. The second-order valence-corrected chi connectivity index (χ2v) is 9.85. The Hall–Kier alpha value is -2.80. The van der Waals surface area contributed by atoms with Crippen LogP contribution in [0.15, 0.2) is 52.2 Å². The van der Waals surface area contributed by atoms with Crippen molar-refractivity contribution in [3.05, 3.63) is 63.4 Å². The maximum Gasteiger partial charge on any atom is 0.459 e. The molecule has 0 saturated carbocycles. The highest BCUT2D eigenvalue weighted by atomic mass is 31.2. The van der Waals surface area contributed by atoms with Crippen molar-refractivity contribution in [2.24, 2.45) is 5.73 Å². The minimum Gasteiger partial charge on any atom is -0.462 e. The number of para-hydroxylation sites is 1. The van der Waals surface area contributed by atoms with Crippen LogP contribution >= 0.6 is 7.75 Å². The van der Waals surface area contributed by atoms with Crippen LogP contribution in [0.4, 0.5) is 0 Å². The molecule has 0 saturated heterocycles. The van der Waals surface area contributed by atoms with Gasteiger partial charge in [0.15, 0.2) is 6.23 Å². The van der Waals surface area contributed by atoms with Gasteiger partial charge in [-0.25, -0.2) is 9.36 Å². The second-order valence-electron chi connectivity index (χ2n) is 8.16. The highest BCUT2D eigenvalue weighted by Gasteiger charge is 2.35. The number of aromatic nitrogens is 2. The van der Waals surface area contributed by atoms with Gasteiger partial charge in [-0.3, -0.25) is 23.7 Å². The smallest absolute Gasteiger partial charge is 0.459 e. The summed E-state index contributed by atoms with van der Waals surface area (Å²) in [6.45, 7) is 5.51. The third kappa shape index (κ3) is 9.01. The summed E-state index contributed by atoms with van der Waals surface area (Å²) in [5.41, 5.74) is 4.38. The summed E-state index contributed by atoms with van der Waals surface area (Å²) in [7, 11) is -4.22. The van der Waals surface area contributed by atoms with E-state index >= 15 is 0 Å². The van der Waals surface area contributed by atoms with E-state index in [1.807, 2.05) is 0 Å². The van der Waals surface area contributed by atoms with Crippen LogP contribution in [0.3, 0.4) is 0 Å². The summed E-state index contributed by atoms with van der Waals surface area (Å²) in [4.78, 5) is 37.9. The topological polar surface area (TPSA) is 184 Å². The highest BCUT2D eigenvalue weighted by molar-refractivity contribution is 7.52. The second kappa shape index (κ2) is 13.5. The minimum absolute atomic E-state index is 0.191. The largest absolute Gasteiger partial charge is 0.462 e. The third-order valence-electron chi connectivity index (χ3n) is 4.67. The fourth-order valence-corrected chi connectivity index (χ4v) is 4.39. The first kappa shape index (κ1) is 29.4. The van der Waals surface area contributed by atoms with Crippen molar-refractivity contribution in [1.29, 1.82) is 0 Å². The first-order valence-electron chi connectivity index (χ1n) is 11.3. The lowest BCUT2D eigenvalue weighted by Gasteiger charge is -2.29. The fraction of sp³-hybridized carbons (Fsp3) is 0.500. The highest BCUT2D eigenvalue weighted by Crippen LogP contribution is 2.45. The Morgan fingerprint density at radius 1 is 1.17 bits per heavy atom. The Morgan fingerprint density at radius 3 is 2.39 bits per heavy atom. The number of aromatic amines is 1. The van der Waals surface area contributed by atoms with Gasteiger partial charge in [-0.05, 0) is 39.8 Å². The van der Waals surface area contributed by atoms with E-state index in [1.165, 1.54) is 20.0 Å². The number of nitrogens with one attached hydrogen (secondary N) is 2. The molecular formula is C22H33N4O9P. The van der Waals surface area contributed by atoms with Crippen LogP contribution < -0.4 is 26.6 Å². The van der Waals surface area contributed by atoms with E-state index < -0.39 is 62.2 Å². The Bertz CT molecular complexity index is 1140. The van der Waals surface area contributed by atoms with Crippen LogP contribution in [-0.2, 0) is 23.4 Å². The van der Waals surface area contributed by atoms with Gasteiger partial charge in [0.25, 0.3) is 5.56 Å². The number of aliphatic hydroxyl groups is 1. The molecule has 0 aliphatic rings. The molecule has 0 fully saturated rings. The number of carbonyl (C=O) groups is 1. The SMILES string of the molecule is CC(C)OC(=O)[C@@H](C)NP(=O)(OC[C@@H](O[C@H](CN)n1ccc(=O)[nH]c1=O)[C@H](C)O)Oc1ccccc1. The van der Waals surface area contributed by atoms with E-state index in [1.54, 1.807) is 44.2 Å². The van der Waals surface area contributed by atoms with Crippen molar-refractivity contribution in [1.82, 2.24) is 14.6 Å². The Labute approximate surface area is 208 Å². The molecule has 14 heteroatoms. The summed E-state index contributed by atoms with van der Waals surface area (Å²) in [6, 6.07) is 8.19. The number of nitrogens with two attached hydrogens (primary N) is 1. The van der Waals surface area contributed by atoms with Gasteiger partial charge in [0.1, 0.15) is 17.9 Å². The van der Waals surface area contributed by atoms with Crippen molar-refractivity contribution < 1.29 is 33.0 Å². The number of esters is 1. The van der Waals surface area contributed by atoms with E-state index in [2.05, 4.69) is 10.1 Å². The molecule has 5 N–H and O–H groups in total. The number of hydrogen-bond donors (Lipinski definition) is 4. The van der Waals surface area contributed by atoms with E-state index in [9.17, 15) is 24.1 Å². The van der Waals surface area contributed by atoms with Crippen LogP contribution in [0, 0.1) is 0 Å². The van der Waals surface area contributed by atoms with Gasteiger partial charge in [-0.1, -0.05) is 18.2 Å². The van der Waals surface area contributed by atoms with Crippen molar-refractivity contribution >= 4 is 13.7 Å². The number of carbonyl (C=O) groups excluding carboxylic acids is 1. The molecule has 200 valence electrons. The molecule has 0 radical (unpaired) electrons. The molecule has 1 unspecified atom stereocenters. The molecule has 13 nitrogen and oxygen atoms in total. The van der Waals surface area contributed by atoms with Gasteiger partial charge >= 0.3 is 19.4 Å². The number of ether oxygens (including phenoxy) is 2. The zero-order valence-corrected chi connectivity index (χ0v) is 21.4. The molecule has 1 heterocycles. The molecule has 0 spiro atoms. The zero-order chi connectivity index (χ0) is 26.9. The monoisotopic (exact) mass is 528 g/mol. The Kier molecular flexibility index (Phi) is 11.0. The third-order valence-corrected chi connectivity index (χ3v) is 6.31. The number of nitrogens with zero attached hydrogens (tertiary/aromatic N) is 1. The molecule has 36 heavy (non-hydrogen) atoms. The lowest BCUT2D eigenvalue weighted by molar-refractivity contribution is -0.149. The summed E-state index contributed by atoms with van der Waals surface area (Å²) < 4.78 is 36.7. The first-order valence-corrected chi connectivity index (χ1v) is 12.8. The lowest BCUT2D eigenvalue weighted by Crippen LogP contribution is -2.41. The van der Waals surface area contributed by atoms with Gasteiger partial charge in [0.2, 0.25) is 0 Å². The average molecular weight is 528 g/mol. The molecular weight excluding hydrogens is 495 g/mol. The average Bonchev–Trinajstić information content (AvgIpc) is 2.79. The number of hydrogen-bond acceptors (Lipinski definition) is 10. The molecule has 0 aliphatic carbocycles. The summed E-state index contributed by atoms with van der Waals surface area (Å²) >= 11 is 0. The predicted molar refractivity (Wildman–Crippen MR) is 130 cm³/mol. The molecule has 1 aromatic heterocycles. The quantitative estimate of drug-likeness (QED) is 0.202. The van der Waals surface area contributed by atoms with Crippen LogP contribution in [0.5, 0.6) is 5.75 Å². The minimum atomic E-state index is -4.22. The number of rotatable bonds is 14. The van der Waals surface area contributed by atoms with Gasteiger partial charge < -0.3 is 24.8 Å². The van der Waals surface area contributed by atoms with E-state index in [0.717, 1.165) is 10.6 Å². The summed E-state index contributed by atoms with van der Waals surface area (Å²) in [5.74, 6) is -0.471. The van der Waals surface area contributed by atoms with Crippen molar-refractivity contribution in [2.75, 3.05) is 13.2 Å². The Morgan fingerprint density at radius 2 is 1.83 bits per heavy atom. The van der Waals surface area contributed by atoms with Crippen LogP contribution in [0.1, 0.15) is 33.9 Å². The van der Waals surface area contributed by atoms with Crippen molar-refractivity contribution in [2.45, 2.75) is 58.3 Å². The van der Waals surface area contributed by atoms with Crippen molar-refractivity contribution in [3.8, 4) is 5.75 Å². The van der Waals surface area contributed by atoms with Gasteiger partial charge in [-0.2, -0.15) is 5.09 Å². The summed E-state index contributed by atoms with van der Waals surface area (Å²) in [6.07, 6.45) is -2.57. The molecule has 0 amide bonds. The van der Waals surface area contributed by atoms with Crippen LogP contribution in [-0.4, -0.2) is 58.1 Å². The predicted octanol–water partition coefficient (Wildman–Crippen LogP) is 0.893. The molecule has 5 atom stereocenters. The number of aliphatic hydroxyl groups excluding tert-OH is 1. The molecule has 2 aromatic rings. The van der Waals surface area contributed by atoms with E-state index in [4.69, 9.17) is 24.3 Å². The molecule has 1 aromatic carbocycles. The first-order chi connectivity index (χ1) is 16.9. The summed E-state index contributed by atoms with van der Waals surface area (Å²) in [5, 5.41) is 12.8. The van der Waals surface area contributed by atoms with Crippen LogP contribution in [0.25, 0.3) is 0 Å². The molecule has 2 rings (SSSR count). The Balaban J connectivity index is 2.23.